The fraction of sp³-hybridized carbons (Fsp3) is 0.778. The van der Waals surface area contributed by atoms with Crippen LogP contribution in [-0.2, 0) is 4.12 Å². The lowest BCUT2D eigenvalue weighted by molar-refractivity contribution is -0.309. The van der Waals surface area contributed by atoms with Crippen LogP contribution >= 0.6 is 0 Å². The van der Waals surface area contributed by atoms with Crippen LogP contribution in [0.3, 0.4) is 0 Å². The molecule has 0 aliphatic heterocycles. The van der Waals surface area contributed by atoms with Gasteiger partial charge >= 0.3 is 24.7 Å². The molecule has 0 atom stereocenters. The quantitative estimate of drug-likeness (QED) is 0.297. The number of aliphatic hydroxyl groups is 2. The van der Waals surface area contributed by atoms with Crippen molar-refractivity contribution in [1.82, 2.24) is 0 Å². The fourth-order valence-corrected chi connectivity index (χ4v) is 1.68. The van der Waals surface area contributed by atoms with Gasteiger partial charge in [0.1, 0.15) is 20.2 Å². The van der Waals surface area contributed by atoms with E-state index >= 15 is 0 Å². The summed E-state index contributed by atoms with van der Waals surface area (Å²) in [7, 11) is 0.783. The van der Waals surface area contributed by atoms with Gasteiger partial charge in [0.15, 0.2) is 0 Å². The third kappa shape index (κ3) is 16.7. The number of aliphatic hydroxyl groups excluding tert-OH is 2. The molecule has 0 bridgehead atoms. The van der Waals surface area contributed by atoms with Crippen LogP contribution in [0.15, 0.2) is 12.7 Å². The number of alkyl halides is 12. The Bertz CT molecular complexity index is 318. The van der Waals surface area contributed by atoms with Gasteiger partial charge in [0, 0.05) is 0 Å². The van der Waals surface area contributed by atoms with E-state index in [1.54, 1.807) is 0 Å². The van der Waals surface area contributed by atoms with E-state index in [1.807, 2.05) is 6.08 Å². The summed E-state index contributed by atoms with van der Waals surface area (Å²) in [5.41, 5.74) is 0. The lowest BCUT2D eigenvalue weighted by Gasteiger charge is -2.16. The molecule has 26 heavy (non-hydrogen) atoms. The molecule has 0 aromatic rings. The van der Waals surface area contributed by atoms with Gasteiger partial charge in [0.05, 0.1) is 0 Å². The summed E-state index contributed by atoms with van der Waals surface area (Å²) in [4.78, 5) is 0. The normalized spacial score (nSPS) is 13.5. The van der Waals surface area contributed by atoms with E-state index in [4.69, 9.17) is 14.3 Å². The molecule has 160 valence electrons. The number of rotatable bonds is 3. The molecule has 2 N–H and O–H groups in total. The molecule has 0 unspecified atom stereocenters. The Balaban J connectivity index is -0.000000316. The van der Waals surface area contributed by atoms with E-state index in [2.05, 4.69) is 6.58 Å². The van der Waals surface area contributed by atoms with Gasteiger partial charge in [-0.25, -0.2) is 0 Å². The third-order valence-electron chi connectivity index (χ3n) is 1.77. The van der Waals surface area contributed by atoms with Gasteiger partial charge in [-0.15, -0.1) is 6.58 Å². The summed E-state index contributed by atoms with van der Waals surface area (Å²) in [5.74, 6) is 0. The predicted octanol–water partition coefficient (Wildman–Crippen LogP) is 1.92. The van der Waals surface area contributed by atoms with Crippen molar-refractivity contribution < 1.29 is 67.0 Å². The van der Waals surface area contributed by atoms with E-state index in [9.17, 15) is 52.7 Å². The van der Waals surface area contributed by atoms with Crippen molar-refractivity contribution in [3.8, 4) is 0 Å². The zero-order valence-electron chi connectivity index (χ0n) is 12.7. The molecule has 0 saturated heterocycles. The number of allylic oxidation sites excluding steroid dienone is 1. The summed E-state index contributed by atoms with van der Waals surface area (Å²) in [6.07, 6.45) is -29.1. The van der Waals surface area contributed by atoms with Crippen LogP contribution in [-0.4, -0.2) is 67.4 Å². The van der Waals surface area contributed by atoms with Gasteiger partial charge in [0.2, 0.25) is 12.2 Å². The second kappa shape index (κ2) is 11.8. The van der Waals surface area contributed by atoms with Gasteiger partial charge in [-0.1, -0.05) is 6.08 Å². The number of hydrogen-bond acceptors (Lipinski definition) is 3. The predicted molar refractivity (Wildman–Crippen MR) is 70.8 cm³/mol. The Labute approximate surface area is 144 Å². The van der Waals surface area contributed by atoms with E-state index in [0.29, 0.717) is 0 Å². The molecule has 0 spiro atoms. The third-order valence-corrected chi connectivity index (χ3v) is 4.04. The van der Waals surface area contributed by atoms with Crippen LogP contribution in [0.2, 0.25) is 6.04 Å². The average molecular weight is 454 g/mol. The first-order valence-corrected chi connectivity index (χ1v) is 8.35. The highest BCUT2D eigenvalue weighted by molar-refractivity contribution is 6.34. The van der Waals surface area contributed by atoms with Crippen molar-refractivity contribution in [1.29, 1.82) is 0 Å². The van der Waals surface area contributed by atoms with Crippen LogP contribution in [0.4, 0.5) is 52.7 Å². The largest absolute Gasteiger partial charge is 0.468 e. The molecule has 0 amide bonds. The second-order valence-electron chi connectivity index (χ2n) is 4.04. The Morgan fingerprint density at radius 2 is 1.00 bits per heavy atom. The number of hydrogen-bond donors (Lipinski definition) is 2. The standard InChI is InChI=1S/2C3H2F6O.C3H10OSi2/c2*4-2(5,6)1(10)3(7,8)9;1-2-3-6-4-5/h2*1,10H;2H,1,3,6H2,5H3. The van der Waals surface area contributed by atoms with Crippen molar-refractivity contribution in [2.45, 2.75) is 43.0 Å². The van der Waals surface area contributed by atoms with Crippen molar-refractivity contribution in [2.75, 3.05) is 0 Å². The lowest BCUT2D eigenvalue weighted by Crippen LogP contribution is -2.41. The van der Waals surface area contributed by atoms with Crippen LogP contribution in [0.5, 0.6) is 0 Å². The highest BCUT2D eigenvalue weighted by atomic mass is 28.3. The second-order valence-corrected chi connectivity index (χ2v) is 7.34. The van der Waals surface area contributed by atoms with Crippen LogP contribution in [0.25, 0.3) is 0 Å². The highest BCUT2D eigenvalue weighted by Gasteiger charge is 2.56. The van der Waals surface area contributed by atoms with Gasteiger partial charge in [-0.05, 0) is 6.04 Å². The van der Waals surface area contributed by atoms with Crippen LogP contribution in [0, 0.1) is 0 Å². The van der Waals surface area contributed by atoms with Crippen molar-refractivity contribution in [2.24, 2.45) is 0 Å². The zero-order valence-corrected chi connectivity index (χ0v) is 16.1. The first kappa shape index (κ1) is 30.0. The van der Waals surface area contributed by atoms with Gasteiger partial charge in [-0.3, -0.25) is 0 Å². The summed E-state index contributed by atoms with van der Waals surface area (Å²) in [5, 5.41) is 14.9. The van der Waals surface area contributed by atoms with Crippen LogP contribution < -0.4 is 0 Å². The maximum Gasteiger partial charge on any atom is 0.423 e. The molecule has 0 saturated carbocycles. The van der Waals surface area contributed by atoms with Crippen molar-refractivity contribution in [3.63, 3.8) is 0 Å². The van der Waals surface area contributed by atoms with Gasteiger partial charge in [-0.2, -0.15) is 52.7 Å². The molecule has 0 rings (SSSR count). The molecular weight excluding hydrogens is 440 g/mol. The first-order valence-electron chi connectivity index (χ1n) is 5.95. The van der Waals surface area contributed by atoms with Gasteiger partial charge in [0.25, 0.3) is 0 Å². The Kier molecular flexibility index (Phi) is 13.6. The minimum Gasteiger partial charge on any atom is -0.468 e. The zero-order chi connectivity index (χ0) is 22.0. The molecule has 0 radical (unpaired) electrons. The maximum atomic E-state index is 11.0. The highest BCUT2D eigenvalue weighted by Crippen LogP contribution is 2.33. The summed E-state index contributed by atoms with van der Waals surface area (Å²) in [6, 6.07) is 1.13. The molecule has 3 nitrogen and oxygen atoms in total. The molecule has 0 aliphatic carbocycles. The minimum atomic E-state index is -5.63. The maximum absolute atomic E-state index is 11.0. The first-order chi connectivity index (χ1) is 11.2. The minimum absolute atomic E-state index is 0.135. The number of halogens is 12. The van der Waals surface area contributed by atoms with E-state index < -0.39 is 36.9 Å². The van der Waals surface area contributed by atoms with Gasteiger partial charge < -0.3 is 14.3 Å². The topological polar surface area (TPSA) is 49.7 Å². The Hall–Kier alpha value is -0.786. The molecule has 0 heterocycles. The Morgan fingerprint density at radius 3 is 1.04 bits per heavy atom. The summed E-state index contributed by atoms with van der Waals surface area (Å²) in [6.45, 7) is 3.57. The fourth-order valence-electron chi connectivity index (χ4n) is 0.572. The molecule has 0 aromatic heterocycles. The smallest absolute Gasteiger partial charge is 0.423 e. The monoisotopic (exact) mass is 454 g/mol. The summed E-state index contributed by atoms with van der Waals surface area (Å²) < 4.78 is 137. The lowest BCUT2D eigenvalue weighted by atomic mass is 10.3. The van der Waals surface area contributed by atoms with E-state index in [-0.39, 0.29) is 9.76 Å². The van der Waals surface area contributed by atoms with Crippen molar-refractivity contribution in [3.05, 3.63) is 12.7 Å². The van der Waals surface area contributed by atoms with Crippen molar-refractivity contribution >= 4 is 20.2 Å². The van der Waals surface area contributed by atoms with E-state index in [0.717, 1.165) is 16.5 Å². The van der Waals surface area contributed by atoms with E-state index in [1.165, 1.54) is 0 Å². The van der Waals surface area contributed by atoms with Crippen LogP contribution in [0.1, 0.15) is 0 Å². The summed E-state index contributed by atoms with van der Waals surface area (Å²) >= 11 is 0. The SMILES string of the molecule is C=CC[SiH2]O[SiH3].OC(C(F)(F)F)C(F)(F)F.OC(C(F)(F)F)C(F)(F)F. The molecular formula is C9H14F12O3Si2. The molecule has 0 aliphatic rings. The molecule has 0 fully saturated rings. The molecule has 17 heteroatoms. The Morgan fingerprint density at radius 1 is 0.769 bits per heavy atom. The molecule has 0 aromatic carbocycles. The average Bonchev–Trinajstić information content (AvgIpc) is 2.41.